The van der Waals surface area contributed by atoms with Crippen LogP contribution in [0.2, 0.25) is 0 Å². The van der Waals surface area contributed by atoms with Gasteiger partial charge in [0.1, 0.15) is 24.2 Å². The number of nitrogens with zero attached hydrogens (tertiary/aromatic N) is 3. The van der Waals surface area contributed by atoms with Crippen LogP contribution in [0.3, 0.4) is 0 Å². The van der Waals surface area contributed by atoms with Gasteiger partial charge >= 0.3 is 5.97 Å². The Bertz CT molecular complexity index is 1330. The Balaban J connectivity index is 1.51. The maximum Gasteiger partial charge on any atom is 0.325 e. The van der Waals surface area contributed by atoms with Crippen LogP contribution < -0.4 is 15.6 Å². The van der Waals surface area contributed by atoms with Gasteiger partial charge < -0.3 is 28.5 Å². The molecule has 4 rings (SSSR count). The second-order valence-corrected chi connectivity index (χ2v) is 11.1. The number of carbonyl (C=O) groups excluding carboxylic acids is 1. The van der Waals surface area contributed by atoms with Crippen LogP contribution in [0.1, 0.15) is 39.2 Å². The smallest absolute Gasteiger partial charge is 0.325 e. The molecule has 218 valence electrons. The van der Waals surface area contributed by atoms with Crippen molar-refractivity contribution in [1.29, 1.82) is 0 Å². The SMILES string of the molecule is Cc1cc(-c2nc3cc(OCCN[C@H](C(=O)OCC(C)C)C(C)O)ccc3n2CC2CCOCC2)cn(C)c1=O. The van der Waals surface area contributed by atoms with E-state index in [9.17, 15) is 14.7 Å². The second kappa shape index (κ2) is 13.4. The van der Waals surface area contributed by atoms with Crippen molar-refractivity contribution in [3.05, 3.63) is 46.4 Å². The summed E-state index contributed by atoms with van der Waals surface area (Å²) in [5.74, 6) is 1.70. The van der Waals surface area contributed by atoms with Crippen molar-refractivity contribution in [3.8, 4) is 17.1 Å². The van der Waals surface area contributed by atoms with Crippen molar-refractivity contribution in [2.45, 2.75) is 59.2 Å². The molecular formula is C30H42N4O6. The summed E-state index contributed by atoms with van der Waals surface area (Å²) >= 11 is 0. The number of hydrogen-bond donors (Lipinski definition) is 2. The zero-order valence-corrected chi connectivity index (χ0v) is 24.2. The van der Waals surface area contributed by atoms with E-state index in [1.165, 1.54) is 0 Å². The number of nitrogens with one attached hydrogen (secondary N) is 1. The van der Waals surface area contributed by atoms with Gasteiger partial charge in [0.15, 0.2) is 0 Å². The Kier molecular flexibility index (Phi) is 9.99. The quantitative estimate of drug-likeness (QED) is 0.259. The molecule has 2 atom stereocenters. The molecule has 0 bridgehead atoms. The Morgan fingerprint density at radius 3 is 2.65 bits per heavy atom. The topological polar surface area (TPSA) is 117 Å². The number of carbonyl (C=O) groups is 1. The lowest BCUT2D eigenvalue weighted by atomic mass is 10.00. The Morgan fingerprint density at radius 2 is 1.98 bits per heavy atom. The first-order valence-corrected chi connectivity index (χ1v) is 14.1. The van der Waals surface area contributed by atoms with E-state index < -0.39 is 18.1 Å². The van der Waals surface area contributed by atoms with Gasteiger partial charge in [-0.2, -0.15) is 0 Å². The normalized spacial score (nSPS) is 15.9. The summed E-state index contributed by atoms with van der Waals surface area (Å²) in [6.07, 6.45) is 2.94. The minimum absolute atomic E-state index is 0.0221. The predicted octanol–water partition coefficient (Wildman–Crippen LogP) is 3.05. The lowest BCUT2D eigenvalue weighted by molar-refractivity contribution is -0.150. The lowest BCUT2D eigenvalue weighted by Gasteiger charge is -2.23. The zero-order chi connectivity index (χ0) is 28.8. The van der Waals surface area contributed by atoms with E-state index in [1.807, 2.05) is 51.2 Å². The second-order valence-electron chi connectivity index (χ2n) is 11.1. The molecule has 1 fully saturated rings. The van der Waals surface area contributed by atoms with Crippen LogP contribution in [-0.4, -0.2) is 70.3 Å². The third-order valence-electron chi connectivity index (χ3n) is 7.15. The molecule has 3 heterocycles. The van der Waals surface area contributed by atoms with E-state index in [-0.39, 0.29) is 11.5 Å². The molecule has 40 heavy (non-hydrogen) atoms. The molecule has 2 N–H and O–H groups in total. The van der Waals surface area contributed by atoms with Gasteiger partial charge in [0.25, 0.3) is 5.56 Å². The van der Waals surface area contributed by atoms with Crippen molar-refractivity contribution < 1.29 is 24.1 Å². The Morgan fingerprint density at radius 1 is 1.23 bits per heavy atom. The monoisotopic (exact) mass is 554 g/mol. The van der Waals surface area contributed by atoms with Crippen molar-refractivity contribution in [2.75, 3.05) is 33.0 Å². The molecule has 0 amide bonds. The molecular weight excluding hydrogens is 512 g/mol. The number of aliphatic hydroxyl groups is 1. The number of pyridine rings is 1. The van der Waals surface area contributed by atoms with Crippen LogP contribution in [0.25, 0.3) is 22.4 Å². The van der Waals surface area contributed by atoms with Crippen molar-refractivity contribution >= 4 is 17.0 Å². The third kappa shape index (κ3) is 7.30. The zero-order valence-electron chi connectivity index (χ0n) is 24.2. The first-order valence-electron chi connectivity index (χ1n) is 14.1. The molecule has 1 aliphatic rings. The first-order chi connectivity index (χ1) is 19.1. The lowest BCUT2D eigenvalue weighted by Crippen LogP contribution is -2.47. The molecule has 10 heteroatoms. The van der Waals surface area contributed by atoms with Crippen LogP contribution in [0.4, 0.5) is 0 Å². The standard InChI is InChI=1S/C30H42N4O6/c1-19(2)18-40-30(37)27(21(4)35)31-10-13-39-24-6-7-26-25(15-24)32-28(23-14-20(3)29(36)33(5)17-23)34(26)16-22-8-11-38-12-9-22/h6-7,14-15,17,19,21-22,27,31,35H,8-13,16,18H2,1-5H3/t21?,27-/m0/s1. The highest BCUT2D eigenvalue weighted by Crippen LogP contribution is 2.30. The van der Waals surface area contributed by atoms with E-state index in [0.717, 1.165) is 55.0 Å². The fourth-order valence-corrected chi connectivity index (χ4v) is 4.96. The molecule has 0 spiro atoms. The van der Waals surface area contributed by atoms with E-state index in [4.69, 9.17) is 19.2 Å². The fourth-order valence-electron chi connectivity index (χ4n) is 4.96. The molecule has 1 aromatic carbocycles. The highest BCUT2D eigenvalue weighted by atomic mass is 16.5. The minimum Gasteiger partial charge on any atom is -0.492 e. The highest BCUT2D eigenvalue weighted by Gasteiger charge is 2.25. The molecule has 3 aromatic rings. The molecule has 2 aromatic heterocycles. The van der Waals surface area contributed by atoms with Crippen LogP contribution >= 0.6 is 0 Å². The summed E-state index contributed by atoms with van der Waals surface area (Å²) in [6, 6.07) is 6.93. The maximum absolute atomic E-state index is 12.3. The highest BCUT2D eigenvalue weighted by molar-refractivity contribution is 5.82. The van der Waals surface area contributed by atoms with E-state index in [0.29, 0.717) is 37.0 Å². The number of aryl methyl sites for hydroxylation is 2. The van der Waals surface area contributed by atoms with Gasteiger partial charge in [-0.3, -0.25) is 14.9 Å². The first kappa shape index (κ1) is 29.8. The summed E-state index contributed by atoms with van der Waals surface area (Å²) in [4.78, 5) is 29.6. The average Bonchev–Trinajstić information content (AvgIpc) is 3.27. The maximum atomic E-state index is 12.3. The van der Waals surface area contributed by atoms with Crippen LogP contribution in [0, 0.1) is 18.8 Å². The van der Waals surface area contributed by atoms with Gasteiger partial charge in [-0.1, -0.05) is 13.8 Å². The average molecular weight is 555 g/mol. The van der Waals surface area contributed by atoms with Gasteiger partial charge in [-0.25, -0.2) is 4.98 Å². The number of fused-ring (bicyclic) bond motifs is 1. The van der Waals surface area contributed by atoms with E-state index in [1.54, 1.807) is 18.5 Å². The summed E-state index contributed by atoms with van der Waals surface area (Å²) in [7, 11) is 1.76. The summed E-state index contributed by atoms with van der Waals surface area (Å²) in [6.45, 7) is 10.6. The number of hydrogen-bond acceptors (Lipinski definition) is 8. The van der Waals surface area contributed by atoms with Crippen molar-refractivity contribution in [3.63, 3.8) is 0 Å². The van der Waals surface area contributed by atoms with E-state index >= 15 is 0 Å². The number of benzene rings is 1. The van der Waals surface area contributed by atoms with Gasteiger partial charge in [0.2, 0.25) is 0 Å². The van der Waals surface area contributed by atoms with Gasteiger partial charge in [-0.15, -0.1) is 0 Å². The molecule has 1 saturated heterocycles. The van der Waals surface area contributed by atoms with Gasteiger partial charge in [0.05, 0.1) is 23.7 Å². The van der Waals surface area contributed by atoms with Gasteiger partial charge in [0, 0.05) is 56.7 Å². The van der Waals surface area contributed by atoms with Crippen LogP contribution in [-0.2, 0) is 27.9 Å². The summed E-state index contributed by atoms with van der Waals surface area (Å²) in [5.41, 5.74) is 3.35. The van der Waals surface area contributed by atoms with Gasteiger partial charge in [-0.05, 0) is 56.7 Å². The minimum atomic E-state index is -0.893. The predicted molar refractivity (Wildman–Crippen MR) is 153 cm³/mol. The Hall–Kier alpha value is -3.21. The molecule has 0 saturated carbocycles. The number of ether oxygens (including phenoxy) is 3. The fraction of sp³-hybridized carbons (Fsp3) is 0.567. The molecule has 0 aliphatic carbocycles. The number of esters is 1. The molecule has 1 aliphatic heterocycles. The third-order valence-corrected chi connectivity index (χ3v) is 7.15. The van der Waals surface area contributed by atoms with Crippen LogP contribution in [0.5, 0.6) is 5.75 Å². The van der Waals surface area contributed by atoms with E-state index in [2.05, 4.69) is 9.88 Å². The number of imidazole rings is 1. The molecule has 0 radical (unpaired) electrons. The summed E-state index contributed by atoms with van der Waals surface area (Å²) in [5, 5.41) is 13.1. The molecule has 10 nitrogen and oxygen atoms in total. The van der Waals surface area contributed by atoms with Crippen LogP contribution in [0.15, 0.2) is 35.3 Å². The number of aromatic nitrogens is 3. The number of aliphatic hydroxyl groups excluding tert-OH is 1. The largest absolute Gasteiger partial charge is 0.492 e. The molecule has 1 unspecified atom stereocenters. The Labute approximate surface area is 235 Å². The van der Waals surface area contributed by atoms with Crippen molar-refractivity contribution in [2.24, 2.45) is 18.9 Å². The summed E-state index contributed by atoms with van der Waals surface area (Å²) < 4.78 is 20.7. The number of rotatable bonds is 12. The van der Waals surface area contributed by atoms with Crippen molar-refractivity contribution in [1.82, 2.24) is 19.4 Å².